The molecule has 0 saturated heterocycles. The largest absolute Gasteiger partial charge is 0.335 e. The highest BCUT2D eigenvalue weighted by molar-refractivity contribution is 5.77. The van der Waals surface area contributed by atoms with Crippen LogP contribution in [0.1, 0.15) is 5.69 Å². The summed E-state index contributed by atoms with van der Waals surface area (Å²) in [6, 6.07) is 3.86. The van der Waals surface area contributed by atoms with Gasteiger partial charge in [-0.25, -0.2) is 14.3 Å². The van der Waals surface area contributed by atoms with Crippen molar-refractivity contribution in [1.29, 1.82) is 0 Å². The smallest absolute Gasteiger partial charge is 0.316 e. The van der Waals surface area contributed by atoms with Gasteiger partial charge < -0.3 is 4.98 Å². The lowest BCUT2D eigenvalue weighted by Crippen LogP contribution is -2.38. The van der Waals surface area contributed by atoms with Gasteiger partial charge in [0, 0.05) is 12.1 Å². The van der Waals surface area contributed by atoms with E-state index in [-0.39, 0.29) is 11.2 Å². The Morgan fingerprint density at radius 2 is 2.10 bits per heavy atom. The second-order valence-electron chi connectivity index (χ2n) is 4.42. The summed E-state index contributed by atoms with van der Waals surface area (Å²) >= 11 is 0. The normalized spacial score (nSPS) is 10.9. The van der Waals surface area contributed by atoms with Crippen molar-refractivity contribution in [2.45, 2.75) is 6.92 Å². The number of aromatic amines is 1. The van der Waals surface area contributed by atoms with Gasteiger partial charge in [-0.05, 0) is 13.0 Å². The van der Waals surface area contributed by atoms with E-state index in [2.05, 4.69) is 9.97 Å². The first-order chi connectivity index (χ1) is 9.97. The van der Waals surface area contributed by atoms with Gasteiger partial charge in [0.05, 0.1) is 27.8 Å². The molecule has 0 spiro atoms. The van der Waals surface area contributed by atoms with Crippen molar-refractivity contribution in [3.05, 3.63) is 67.2 Å². The number of H-pyrrole nitrogens is 1. The molecule has 3 aromatic rings. The third-order valence-corrected chi connectivity index (χ3v) is 2.98. The van der Waals surface area contributed by atoms with Gasteiger partial charge in [0.1, 0.15) is 6.33 Å². The minimum atomic E-state index is -0.847. The van der Waals surface area contributed by atoms with Crippen LogP contribution in [0.2, 0.25) is 0 Å². The second kappa shape index (κ2) is 4.40. The fraction of sp³-hybridized carbons (Fsp3) is 0.0833. The minimum absolute atomic E-state index is 0.181. The van der Waals surface area contributed by atoms with E-state index in [0.29, 0.717) is 11.2 Å². The first-order valence-electron chi connectivity index (χ1n) is 5.92. The zero-order chi connectivity index (χ0) is 15.1. The number of fused-ring (bicyclic) bond motifs is 1. The number of aromatic nitrogens is 4. The van der Waals surface area contributed by atoms with Crippen LogP contribution in [-0.4, -0.2) is 24.2 Å². The number of rotatable bonds is 2. The van der Waals surface area contributed by atoms with Crippen LogP contribution in [0.4, 0.5) is 5.69 Å². The molecule has 0 aliphatic heterocycles. The van der Waals surface area contributed by atoms with Gasteiger partial charge in [-0.1, -0.05) is 0 Å². The van der Waals surface area contributed by atoms with Gasteiger partial charge in [0.2, 0.25) is 0 Å². The number of hydrogen-bond acceptors (Lipinski definition) is 5. The molecule has 9 heteroatoms. The molecule has 0 aliphatic carbocycles. The lowest BCUT2D eigenvalue weighted by Gasteiger charge is -2.09. The number of nitro benzene ring substituents is 1. The van der Waals surface area contributed by atoms with Crippen LogP contribution in [0.15, 0.2) is 40.3 Å². The molecule has 0 unspecified atom stereocenters. The quantitative estimate of drug-likeness (QED) is 0.416. The maximum Gasteiger partial charge on any atom is 0.335 e. The molecule has 2 aromatic heterocycles. The molecule has 1 aromatic carbocycles. The van der Waals surface area contributed by atoms with Crippen LogP contribution in [0, 0.1) is 17.0 Å². The van der Waals surface area contributed by atoms with Gasteiger partial charge in [-0.2, -0.15) is 0 Å². The molecule has 0 atom stereocenters. The molecule has 9 nitrogen and oxygen atoms in total. The molecule has 3 rings (SSSR count). The van der Waals surface area contributed by atoms with Crippen molar-refractivity contribution in [1.82, 2.24) is 19.3 Å². The summed E-state index contributed by atoms with van der Waals surface area (Å²) in [5.41, 5.74) is -0.675. The third kappa shape index (κ3) is 2.00. The molecule has 0 radical (unpaired) electrons. The Bertz CT molecular complexity index is 981. The van der Waals surface area contributed by atoms with Crippen LogP contribution in [0.5, 0.6) is 0 Å². The van der Waals surface area contributed by atoms with Crippen LogP contribution in [0.25, 0.3) is 11.0 Å². The van der Waals surface area contributed by atoms with E-state index in [1.54, 1.807) is 13.1 Å². The first kappa shape index (κ1) is 12.8. The number of nitro groups is 1. The number of aryl methyl sites for hydroxylation is 1. The highest BCUT2D eigenvalue weighted by Gasteiger charge is 2.13. The minimum Gasteiger partial charge on any atom is -0.316 e. The second-order valence-corrected chi connectivity index (χ2v) is 4.42. The van der Waals surface area contributed by atoms with E-state index in [0.717, 1.165) is 4.68 Å². The fourth-order valence-electron chi connectivity index (χ4n) is 2.04. The lowest BCUT2D eigenvalue weighted by molar-refractivity contribution is -0.384. The summed E-state index contributed by atoms with van der Waals surface area (Å²) < 4.78 is 2.36. The SMILES string of the molecule is Cc1cn(-n2c(=O)c(=O)[nH]c3ccc([N+](=O)[O-])cc32)cn1. The molecular weight excluding hydrogens is 278 g/mol. The van der Waals surface area contributed by atoms with Gasteiger partial charge >= 0.3 is 11.1 Å². The molecule has 2 heterocycles. The Morgan fingerprint density at radius 1 is 1.33 bits per heavy atom. The molecular formula is C12H9N5O4. The van der Waals surface area contributed by atoms with Crippen molar-refractivity contribution in [3.8, 4) is 0 Å². The van der Waals surface area contributed by atoms with E-state index >= 15 is 0 Å². The van der Waals surface area contributed by atoms with Crippen LogP contribution in [-0.2, 0) is 0 Å². The zero-order valence-corrected chi connectivity index (χ0v) is 10.8. The molecule has 0 aliphatic rings. The number of imidazole rings is 1. The van der Waals surface area contributed by atoms with Crippen molar-refractivity contribution in [2.24, 2.45) is 0 Å². The maximum absolute atomic E-state index is 12.1. The van der Waals surface area contributed by atoms with Crippen molar-refractivity contribution in [2.75, 3.05) is 0 Å². The molecule has 106 valence electrons. The Kier molecular flexibility index (Phi) is 2.68. The number of nitrogens with one attached hydrogen (secondary N) is 1. The topological polar surface area (TPSA) is 116 Å². The predicted octanol–water partition coefficient (Wildman–Crippen LogP) is 0.414. The zero-order valence-electron chi connectivity index (χ0n) is 10.8. The van der Waals surface area contributed by atoms with Crippen molar-refractivity contribution >= 4 is 16.7 Å². The van der Waals surface area contributed by atoms with E-state index in [1.807, 2.05) is 0 Å². The standard InChI is InChI=1S/C12H9N5O4/c1-7-5-15(6-13-7)16-10-4-8(17(20)21)2-3-9(10)14-11(18)12(16)19/h2-6H,1H3,(H,14,18). The molecule has 0 fully saturated rings. The summed E-state index contributed by atoms with van der Waals surface area (Å²) in [5.74, 6) is 0. The third-order valence-electron chi connectivity index (χ3n) is 2.98. The average Bonchev–Trinajstić information content (AvgIpc) is 2.86. The maximum atomic E-state index is 12.1. The Balaban J connectivity index is 2.47. The molecule has 0 saturated carbocycles. The monoisotopic (exact) mass is 287 g/mol. The highest BCUT2D eigenvalue weighted by atomic mass is 16.6. The summed E-state index contributed by atoms with van der Waals surface area (Å²) in [6.07, 6.45) is 2.90. The van der Waals surface area contributed by atoms with Crippen LogP contribution < -0.4 is 11.1 Å². The van der Waals surface area contributed by atoms with Gasteiger partial charge in [0.15, 0.2) is 0 Å². The molecule has 0 amide bonds. The Hall–Kier alpha value is -3.23. The molecule has 0 bridgehead atoms. The van der Waals surface area contributed by atoms with Gasteiger partial charge in [-0.15, -0.1) is 0 Å². The highest BCUT2D eigenvalue weighted by Crippen LogP contribution is 2.17. The molecule has 21 heavy (non-hydrogen) atoms. The molecule has 1 N–H and O–H groups in total. The summed E-state index contributed by atoms with van der Waals surface area (Å²) in [7, 11) is 0. The van der Waals surface area contributed by atoms with E-state index in [4.69, 9.17) is 0 Å². The van der Waals surface area contributed by atoms with Crippen molar-refractivity contribution in [3.63, 3.8) is 0 Å². The Morgan fingerprint density at radius 3 is 2.71 bits per heavy atom. The summed E-state index contributed by atoms with van der Waals surface area (Å²) in [6.45, 7) is 1.72. The summed E-state index contributed by atoms with van der Waals surface area (Å²) in [4.78, 5) is 40.5. The van der Waals surface area contributed by atoms with Crippen molar-refractivity contribution < 1.29 is 4.92 Å². The van der Waals surface area contributed by atoms with Gasteiger partial charge in [-0.3, -0.25) is 19.7 Å². The number of hydrogen-bond donors (Lipinski definition) is 1. The fourth-order valence-corrected chi connectivity index (χ4v) is 2.04. The van der Waals surface area contributed by atoms with Crippen LogP contribution in [0.3, 0.4) is 0 Å². The van der Waals surface area contributed by atoms with Gasteiger partial charge in [0.25, 0.3) is 5.69 Å². The lowest BCUT2D eigenvalue weighted by atomic mass is 10.2. The average molecular weight is 287 g/mol. The van der Waals surface area contributed by atoms with Crippen LogP contribution >= 0.6 is 0 Å². The number of non-ortho nitro benzene ring substituents is 1. The van der Waals surface area contributed by atoms with E-state index in [1.165, 1.54) is 29.2 Å². The summed E-state index contributed by atoms with van der Waals surface area (Å²) in [5, 5.41) is 10.9. The van der Waals surface area contributed by atoms with E-state index in [9.17, 15) is 19.7 Å². The Labute approximate surface area is 116 Å². The predicted molar refractivity (Wildman–Crippen MR) is 73.2 cm³/mol. The number of benzene rings is 1. The first-order valence-corrected chi connectivity index (χ1v) is 5.92. The van der Waals surface area contributed by atoms with E-state index < -0.39 is 16.0 Å². The number of nitrogens with zero attached hydrogens (tertiary/aromatic N) is 4.